The van der Waals surface area contributed by atoms with E-state index < -0.39 is 0 Å². The molecule has 0 aliphatic heterocycles. The molecule has 1 aromatic rings. The van der Waals surface area contributed by atoms with Crippen molar-refractivity contribution in [2.24, 2.45) is 10.7 Å². The normalized spacial score (nSPS) is 15.7. The zero-order chi connectivity index (χ0) is 14.4. The van der Waals surface area contributed by atoms with E-state index in [0.717, 1.165) is 18.5 Å². The Morgan fingerprint density at radius 3 is 2.95 bits per heavy atom. The van der Waals surface area contributed by atoms with E-state index in [-0.39, 0.29) is 0 Å². The number of aliphatic imine (C=N–C) groups is 1. The summed E-state index contributed by atoms with van der Waals surface area (Å²) >= 11 is 6.06. The van der Waals surface area contributed by atoms with Crippen LogP contribution in [0.4, 0.5) is 5.69 Å². The highest BCUT2D eigenvalue weighted by atomic mass is 35.5. The number of guanidine groups is 1. The van der Waals surface area contributed by atoms with Crippen LogP contribution in [0.15, 0.2) is 34.8 Å². The monoisotopic (exact) mass is 293 g/mol. The Bertz CT molecular complexity index is 526. The number of ether oxygens (including phenoxy) is 1. The molecule has 0 fully saturated rings. The van der Waals surface area contributed by atoms with Gasteiger partial charge in [-0.3, -0.25) is 0 Å². The summed E-state index contributed by atoms with van der Waals surface area (Å²) in [5, 5.41) is 3.58. The number of nitrogens with one attached hydrogen (secondary N) is 1. The van der Waals surface area contributed by atoms with E-state index in [1.807, 2.05) is 6.07 Å². The number of rotatable bonds is 4. The molecular weight excluding hydrogens is 274 g/mol. The quantitative estimate of drug-likeness (QED) is 0.507. The van der Waals surface area contributed by atoms with Gasteiger partial charge in [0.05, 0.1) is 18.7 Å². The minimum Gasteiger partial charge on any atom is -0.495 e. The van der Waals surface area contributed by atoms with E-state index in [4.69, 9.17) is 22.1 Å². The molecule has 108 valence electrons. The molecule has 0 radical (unpaired) electrons. The van der Waals surface area contributed by atoms with Crippen molar-refractivity contribution in [3.8, 4) is 5.75 Å². The van der Waals surface area contributed by atoms with Crippen LogP contribution in [0.3, 0.4) is 0 Å². The lowest BCUT2D eigenvalue weighted by Gasteiger charge is -2.11. The van der Waals surface area contributed by atoms with Crippen LogP contribution in [0.2, 0.25) is 5.02 Å². The van der Waals surface area contributed by atoms with Crippen LogP contribution in [0.1, 0.15) is 25.7 Å². The van der Waals surface area contributed by atoms with Crippen LogP contribution in [-0.4, -0.2) is 19.6 Å². The fourth-order valence-electron chi connectivity index (χ4n) is 2.17. The van der Waals surface area contributed by atoms with Gasteiger partial charge in [-0.25, -0.2) is 4.99 Å². The van der Waals surface area contributed by atoms with Crippen molar-refractivity contribution in [2.45, 2.75) is 25.7 Å². The number of methoxy groups -OCH3 is 1. The van der Waals surface area contributed by atoms with Crippen LogP contribution < -0.4 is 15.8 Å². The highest BCUT2D eigenvalue weighted by Gasteiger charge is 2.04. The zero-order valence-corrected chi connectivity index (χ0v) is 12.4. The smallest absolute Gasteiger partial charge is 0.193 e. The molecule has 0 atom stereocenters. The molecule has 1 aliphatic rings. The molecule has 1 aromatic carbocycles. The lowest BCUT2D eigenvalue weighted by Crippen LogP contribution is -2.23. The molecule has 1 aliphatic carbocycles. The molecule has 0 spiro atoms. The maximum atomic E-state index is 6.06. The summed E-state index contributed by atoms with van der Waals surface area (Å²) in [5.74, 6) is 1.04. The fourth-order valence-corrected chi connectivity index (χ4v) is 2.42. The van der Waals surface area contributed by atoms with Gasteiger partial charge < -0.3 is 15.8 Å². The minimum absolute atomic E-state index is 0.401. The number of anilines is 1. The molecular formula is C15H20ClN3O. The molecule has 2 rings (SSSR count). The molecule has 0 saturated heterocycles. The highest BCUT2D eigenvalue weighted by molar-refractivity contribution is 6.32. The van der Waals surface area contributed by atoms with Gasteiger partial charge in [-0.2, -0.15) is 0 Å². The van der Waals surface area contributed by atoms with Crippen molar-refractivity contribution >= 4 is 23.2 Å². The van der Waals surface area contributed by atoms with E-state index in [0.29, 0.717) is 23.3 Å². The van der Waals surface area contributed by atoms with Crippen molar-refractivity contribution < 1.29 is 4.74 Å². The maximum absolute atomic E-state index is 6.06. The predicted octanol–water partition coefficient (Wildman–Crippen LogP) is 3.58. The minimum atomic E-state index is 0.401. The third kappa shape index (κ3) is 4.17. The summed E-state index contributed by atoms with van der Waals surface area (Å²) in [7, 11) is 1.59. The molecule has 0 saturated carbocycles. The highest BCUT2D eigenvalue weighted by Crippen LogP contribution is 2.27. The molecule has 0 amide bonds. The molecule has 0 heterocycles. The van der Waals surface area contributed by atoms with Gasteiger partial charge in [0.15, 0.2) is 5.96 Å². The number of allylic oxidation sites excluding steroid dienone is 1. The second kappa shape index (κ2) is 7.20. The Balaban J connectivity index is 1.94. The van der Waals surface area contributed by atoms with E-state index in [9.17, 15) is 0 Å². The molecule has 20 heavy (non-hydrogen) atoms. The first-order valence-corrected chi connectivity index (χ1v) is 7.15. The third-order valence-corrected chi connectivity index (χ3v) is 3.56. The van der Waals surface area contributed by atoms with Gasteiger partial charge in [0.25, 0.3) is 0 Å². The van der Waals surface area contributed by atoms with Crippen LogP contribution in [-0.2, 0) is 0 Å². The summed E-state index contributed by atoms with van der Waals surface area (Å²) in [5.41, 5.74) is 8.05. The van der Waals surface area contributed by atoms with Crippen molar-refractivity contribution in [1.82, 2.24) is 0 Å². The van der Waals surface area contributed by atoms with Gasteiger partial charge in [0.2, 0.25) is 0 Å². The van der Waals surface area contributed by atoms with Crippen molar-refractivity contribution in [2.75, 3.05) is 19.0 Å². The van der Waals surface area contributed by atoms with Gasteiger partial charge >= 0.3 is 0 Å². The molecule has 3 N–H and O–H groups in total. The van der Waals surface area contributed by atoms with Crippen LogP contribution in [0.25, 0.3) is 0 Å². The SMILES string of the molecule is COc1ccc(NC(N)=NCC2=CCCCC2)cc1Cl. The lowest BCUT2D eigenvalue weighted by atomic mass is 10.00. The third-order valence-electron chi connectivity index (χ3n) is 3.26. The molecule has 0 aromatic heterocycles. The predicted molar refractivity (Wildman–Crippen MR) is 84.7 cm³/mol. The van der Waals surface area contributed by atoms with Gasteiger partial charge in [-0.05, 0) is 43.9 Å². The first kappa shape index (κ1) is 14.7. The van der Waals surface area contributed by atoms with Gasteiger partial charge in [-0.1, -0.05) is 23.3 Å². The second-order valence-corrected chi connectivity index (χ2v) is 5.19. The van der Waals surface area contributed by atoms with E-state index >= 15 is 0 Å². The fraction of sp³-hybridized carbons (Fsp3) is 0.400. The van der Waals surface area contributed by atoms with Crippen LogP contribution in [0, 0.1) is 0 Å². The molecule has 5 heteroatoms. The maximum Gasteiger partial charge on any atom is 0.193 e. The van der Waals surface area contributed by atoms with Crippen molar-refractivity contribution in [3.05, 3.63) is 34.9 Å². The summed E-state index contributed by atoms with van der Waals surface area (Å²) in [6.07, 6.45) is 7.09. The Morgan fingerprint density at radius 2 is 2.30 bits per heavy atom. The second-order valence-electron chi connectivity index (χ2n) is 4.78. The Kier molecular flexibility index (Phi) is 5.30. The zero-order valence-electron chi connectivity index (χ0n) is 11.7. The van der Waals surface area contributed by atoms with E-state index in [1.54, 1.807) is 19.2 Å². The number of nitrogens with zero attached hydrogens (tertiary/aromatic N) is 1. The van der Waals surface area contributed by atoms with Gasteiger partial charge in [0.1, 0.15) is 5.75 Å². The number of nitrogens with two attached hydrogens (primary N) is 1. The van der Waals surface area contributed by atoms with Gasteiger partial charge in [0, 0.05) is 5.69 Å². The van der Waals surface area contributed by atoms with Crippen LogP contribution in [0.5, 0.6) is 5.75 Å². The van der Waals surface area contributed by atoms with Crippen molar-refractivity contribution in [3.63, 3.8) is 0 Å². The average Bonchev–Trinajstić information content (AvgIpc) is 2.46. The number of hydrogen-bond acceptors (Lipinski definition) is 2. The van der Waals surface area contributed by atoms with Crippen molar-refractivity contribution in [1.29, 1.82) is 0 Å². The van der Waals surface area contributed by atoms with Gasteiger partial charge in [-0.15, -0.1) is 0 Å². The Morgan fingerprint density at radius 1 is 1.45 bits per heavy atom. The standard InChI is InChI=1S/C15H20ClN3O/c1-20-14-8-7-12(9-13(14)16)19-15(17)18-10-11-5-3-2-4-6-11/h5,7-9H,2-4,6,10H2,1H3,(H3,17,18,19). The number of hydrogen-bond donors (Lipinski definition) is 2. The lowest BCUT2D eigenvalue weighted by molar-refractivity contribution is 0.415. The Hall–Kier alpha value is -1.68. The largest absolute Gasteiger partial charge is 0.495 e. The molecule has 0 unspecified atom stereocenters. The van der Waals surface area contributed by atoms with E-state index in [2.05, 4.69) is 16.4 Å². The summed E-state index contributed by atoms with van der Waals surface area (Å²) in [4.78, 5) is 4.36. The topological polar surface area (TPSA) is 59.6 Å². The Labute approximate surface area is 124 Å². The molecule has 4 nitrogen and oxygen atoms in total. The summed E-state index contributed by atoms with van der Waals surface area (Å²) in [6.45, 7) is 0.669. The average molecular weight is 294 g/mol. The number of benzene rings is 1. The summed E-state index contributed by atoms with van der Waals surface area (Å²) < 4.78 is 5.10. The van der Waals surface area contributed by atoms with Crippen LogP contribution >= 0.6 is 11.6 Å². The first-order valence-electron chi connectivity index (χ1n) is 6.77. The molecule has 0 bridgehead atoms. The number of halogens is 1. The van der Waals surface area contributed by atoms with E-state index in [1.165, 1.54) is 18.4 Å². The first-order chi connectivity index (χ1) is 9.69. The summed E-state index contributed by atoms with van der Waals surface area (Å²) in [6, 6.07) is 5.41.